The van der Waals surface area contributed by atoms with Gasteiger partial charge in [0.2, 0.25) is 0 Å². The zero-order valence-corrected chi connectivity index (χ0v) is 14.9. The van der Waals surface area contributed by atoms with Crippen LogP contribution in [0.1, 0.15) is 47.6 Å². The Morgan fingerprint density at radius 3 is 2.88 bits per heavy atom. The quantitative estimate of drug-likeness (QED) is 0.755. The number of fused-ring (bicyclic) bond motifs is 1. The summed E-state index contributed by atoms with van der Waals surface area (Å²) in [6.45, 7) is 0.463. The molecule has 0 spiro atoms. The third kappa shape index (κ3) is 3.29. The summed E-state index contributed by atoms with van der Waals surface area (Å²) in [6.07, 6.45) is 6.92. The molecule has 4 rings (SSSR count). The molecule has 5 heteroatoms. The van der Waals surface area contributed by atoms with E-state index in [-0.39, 0.29) is 5.91 Å². The van der Waals surface area contributed by atoms with Crippen LogP contribution >= 0.6 is 0 Å². The van der Waals surface area contributed by atoms with E-state index in [0.717, 1.165) is 22.3 Å². The minimum Gasteiger partial charge on any atom is -0.497 e. The first kappa shape index (κ1) is 16.6. The van der Waals surface area contributed by atoms with Gasteiger partial charge in [-0.25, -0.2) is 4.98 Å². The predicted molar refractivity (Wildman–Crippen MR) is 101 cm³/mol. The first-order valence-electron chi connectivity index (χ1n) is 9.12. The van der Waals surface area contributed by atoms with E-state index in [1.807, 2.05) is 48.8 Å². The molecule has 5 nitrogen and oxygen atoms in total. The van der Waals surface area contributed by atoms with E-state index in [2.05, 4.69) is 14.9 Å². The van der Waals surface area contributed by atoms with E-state index in [1.54, 1.807) is 7.11 Å². The minimum absolute atomic E-state index is 0.0925. The number of amides is 1. The Morgan fingerprint density at radius 1 is 1.23 bits per heavy atom. The molecule has 0 bridgehead atoms. The third-order valence-corrected chi connectivity index (χ3v) is 5.14. The molecule has 0 aliphatic heterocycles. The summed E-state index contributed by atoms with van der Waals surface area (Å²) in [5.41, 5.74) is 3.63. The number of nitrogens with zero attached hydrogens (tertiary/aromatic N) is 2. The number of hydrogen-bond acceptors (Lipinski definition) is 3. The molecule has 1 fully saturated rings. The van der Waals surface area contributed by atoms with Gasteiger partial charge in [-0.1, -0.05) is 25.0 Å². The lowest BCUT2D eigenvalue weighted by Gasteiger charge is -2.12. The number of hydrogen-bond donors (Lipinski definition) is 1. The van der Waals surface area contributed by atoms with E-state index < -0.39 is 0 Å². The lowest BCUT2D eigenvalue weighted by atomic mass is 10.1. The number of methoxy groups -OCH3 is 1. The van der Waals surface area contributed by atoms with Gasteiger partial charge in [-0.2, -0.15) is 0 Å². The predicted octanol–water partition coefficient (Wildman–Crippen LogP) is 4.09. The van der Waals surface area contributed by atoms with E-state index in [1.165, 1.54) is 25.7 Å². The number of aromatic nitrogens is 2. The average Bonchev–Trinajstić information content (AvgIpc) is 3.35. The van der Waals surface area contributed by atoms with Gasteiger partial charge in [-0.3, -0.25) is 4.79 Å². The molecule has 1 saturated carbocycles. The molecule has 26 heavy (non-hydrogen) atoms. The van der Waals surface area contributed by atoms with Gasteiger partial charge < -0.3 is 14.6 Å². The lowest BCUT2D eigenvalue weighted by Crippen LogP contribution is -2.22. The van der Waals surface area contributed by atoms with Crippen molar-refractivity contribution < 1.29 is 9.53 Å². The fourth-order valence-electron chi connectivity index (χ4n) is 3.71. The van der Waals surface area contributed by atoms with Crippen molar-refractivity contribution in [1.82, 2.24) is 14.9 Å². The number of rotatable bonds is 5. The van der Waals surface area contributed by atoms with E-state index in [9.17, 15) is 4.79 Å². The summed E-state index contributed by atoms with van der Waals surface area (Å²) in [5.74, 6) is 0.695. The highest BCUT2D eigenvalue weighted by Gasteiger charge is 2.19. The zero-order valence-electron chi connectivity index (χ0n) is 14.9. The molecular weight excluding hydrogens is 326 g/mol. The summed E-state index contributed by atoms with van der Waals surface area (Å²) in [5, 5.41) is 2.96. The fraction of sp³-hybridized carbons (Fsp3) is 0.333. The second-order valence-electron chi connectivity index (χ2n) is 6.83. The van der Waals surface area contributed by atoms with Gasteiger partial charge in [0.1, 0.15) is 5.75 Å². The maximum Gasteiger partial charge on any atom is 0.251 e. The molecule has 1 N–H and O–H groups in total. The molecule has 1 aliphatic carbocycles. The maximum absolute atomic E-state index is 12.5. The van der Waals surface area contributed by atoms with Crippen molar-refractivity contribution >= 4 is 16.9 Å². The molecule has 0 unspecified atom stereocenters. The van der Waals surface area contributed by atoms with Crippen LogP contribution in [0.2, 0.25) is 0 Å². The lowest BCUT2D eigenvalue weighted by molar-refractivity contribution is 0.0951. The van der Waals surface area contributed by atoms with Gasteiger partial charge in [-0.15, -0.1) is 0 Å². The number of nitrogens with one attached hydrogen (secondary N) is 1. The summed E-state index contributed by atoms with van der Waals surface area (Å²) in [6, 6.07) is 14.0. The number of ether oxygens (including phenoxy) is 1. The highest BCUT2D eigenvalue weighted by Crippen LogP contribution is 2.32. The normalized spacial score (nSPS) is 14.7. The van der Waals surface area contributed by atoms with Crippen LogP contribution in [-0.4, -0.2) is 22.6 Å². The highest BCUT2D eigenvalue weighted by molar-refractivity contribution is 5.97. The Labute approximate surface area is 153 Å². The molecule has 1 aliphatic rings. The van der Waals surface area contributed by atoms with Crippen LogP contribution in [-0.2, 0) is 6.54 Å². The molecule has 2 aromatic carbocycles. The molecule has 1 amide bonds. The largest absolute Gasteiger partial charge is 0.497 e. The highest BCUT2D eigenvalue weighted by atomic mass is 16.5. The van der Waals surface area contributed by atoms with Crippen molar-refractivity contribution in [3.8, 4) is 5.75 Å². The van der Waals surface area contributed by atoms with Crippen LogP contribution in [0.25, 0.3) is 11.0 Å². The summed E-state index contributed by atoms with van der Waals surface area (Å²) in [7, 11) is 1.64. The summed E-state index contributed by atoms with van der Waals surface area (Å²) in [4.78, 5) is 17.0. The Balaban J connectivity index is 1.48. The molecule has 1 heterocycles. The summed E-state index contributed by atoms with van der Waals surface area (Å²) < 4.78 is 7.48. The van der Waals surface area contributed by atoms with Crippen molar-refractivity contribution in [2.75, 3.05) is 7.11 Å². The van der Waals surface area contributed by atoms with Crippen molar-refractivity contribution in [3.05, 3.63) is 59.9 Å². The smallest absolute Gasteiger partial charge is 0.251 e. The first-order chi connectivity index (χ1) is 12.7. The second kappa shape index (κ2) is 7.20. The van der Waals surface area contributed by atoms with Crippen molar-refractivity contribution in [2.45, 2.75) is 38.3 Å². The van der Waals surface area contributed by atoms with Crippen LogP contribution in [0, 0.1) is 0 Å². The van der Waals surface area contributed by atoms with Crippen LogP contribution in [0.3, 0.4) is 0 Å². The van der Waals surface area contributed by atoms with Crippen molar-refractivity contribution in [3.63, 3.8) is 0 Å². The van der Waals surface area contributed by atoms with E-state index in [0.29, 0.717) is 18.2 Å². The second-order valence-corrected chi connectivity index (χ2v) is 6.83. The monoisotopic (exact) mass is 349 g/mol. The number of imidazole rings is 1. The fourth-order valence-corrected chi connectivity index (χ4v) is 3.71. The molecule has 0 radical (unpaired) electrons. The van der Waals surface area contributed by atoms with Crippen LogP contribution in [0.15, 0.2) is 48.8 Å². The SMILES string of the molecule is COc1cccc(CNC(=O)c2ccc3c(c2)ncn3C2CCCC2)c1. The zero-order chi connectivity index (χ0) is 17.9. The van der Waals surface area contributed by atoms with Gasteiger partial charge in [0.05, 0.1) is 24.5 Å². The molecule has 3 aromatic rings. The molecule has 0 atom stereocenters. The first-order valence-corrected chi connectivity index (χ1v) is 9.12. The number of carbonyl (C=O) groups excluding carboxylic acids is 1. The Bertz CT molecular complexity index is 926. The number of benzene rings is 2. The van der Waals surface area contributed by atoms with Crippen LogP contribution in [0.5, 0.6) is 5.75 Å². The average molecular weight is 349 g/mol. The Morgan fingerprint density at radius 2 is 2.08 bits per heavy atom. The Kier molecular flexibility index (Phi) is 4.61. The summed E-state index contributed by atoms with van der Waals surface area (Å²) >= 11 is 0. The van der Waals surface area contributed by atoms with Gasteiger partial charge >= 0.3 is 0 Å². The van der Waals surface area contributed by atoms with Crippen molar-refractivity contribution in [1.29, 1.82) is 0 Å². The number of carbonyl (C=O) groups is 1. The van der Waals surface area contributed by atoms with Gasteiger partial charge in [0.15, 0.2) is 0 Å². The molecule has 1 aromatic heterocycles. The van der Waals surface area contributed by atoms with Gasteiger partial charge in [0.25, 0.3) is 5.91 Å². The van der Waals surface area contributed by atoms with Crippen LogP contribution in [0.4, 0.5) is 0 Å². The molecule has 134 valence electrons. The van der Waals surface area contributed by atoms with Gasteiger partial charge in [0, 0.05) is 18.2 Å². The van der Waals surface area contributed by atoms with Gasteiger partial charge in [-0.05, 0) is 48.7 Å². The molecular formula is C21H23N3O2. The Hall–Kier alpha value is -2.82. The van der Waals surface area contributed by atoms with E-state index >= 15 is 0 Å². The molecule has 0 saturated heterocycles. The topological polar surface area (TPSA) is 56.1 Å². The maximum atomic E-state index is 12.5. The van der Waals surface area contributed by atoms with Crippen LogP contribution < -0.4 is 10.1 Å². The standard InChI is InChI=1S/C21H23N3O2/c1-26-18-8-4-5-15(11-18)13-22-21(25)16-9-10-20-19(12-16)23-14-24(20)17-6-2-3-7-17/h4-5,8-12,14,17H,2-3,6-7,13H2,1H3,(H,22,25). The third-order valence-electron chi connectivity index (χ3n) is 5.14. The minimum atomic E-state index is -0.0925. The van der Waals surface area contributed by atoms with Crippen molar-refractivity contribution in [2.24, 2.45) is 0 Å². The van der Waals surface area contributed by atoms with E-state index in [4.69, 9.17) is 4.74 Å².